The predicted molar refractivity (Wildman–Crippen MR) is 61.8 cm³/mol. The maximum atomic E-state index is 11.5. The van der Waals surface area contributed by atoms with Gasteiger partial charge in [0.05, 0.1) is 5.56 Å². The van der Waals surface area contributed by atoms with Gasteiger partial charge in [0.25, 0.3) is 5.91 Å². The molecule has 0 radical (unpaired) electrons. The van der Waals surface area contributed by atoms with Gasteiger partial charge in [-0.2, -0.15) is 0 Å². The third kappa shape index (κ3) is 3.80. The van der Waals surface area contributed by atoms with E-state index in [0.717, 1.165) is 0 Å². The van der Waals surface area contributed by atoms with Crippen molar-refractivity contribution in [1.82, 2.24) is 5.48 Å². The highest BCUT2D eigenvalue weighted by Crippen LogP contribution is 2.21. The molecule has 0 spiro atoms. The number of hydroxylamine groups is 1. The number of halogens is 2. The first-order valence-corrected chi connectivity index (χ1v) is 5.33. The molecule has 0 saturated heterocycles. The minimum Gasteiger partial charge on any atom is -0.368 e. The number of nitrogens with two attached hydrogens (primary N) is 1. The monoisotopic (exact) mass is 306 g/mol. The van der Waals surface area contributed by atoms with Crippen LogP contribution in [0.15, 0.2) is 22.7 Å². The smallest absolute Gasteiger partial charge is 0.275 e. The molecular formula is C9H8BrClN2O3. The molecule has 0 aromatic heterocycles. The van der Waals surface area contributed by atoms with Crippen LogP contribution >= 0.6 is 27.5 Å². The van der Waals surface area contributed by atoms with Crippen LogP contribution < -0.4 is 11.2 Å². The summed E-state index contributed by atoms with van der Waals surface area (Å²) < 4.78 is 0.528. The molecular weight excluding hydrogens is 299 g/mol. The summed E-state index contributed by atoms with van der Waals surface area (Å²) in [6, 6.07) is 4.66. The number of rotatable bonds is 4. The zero-order valence-corrected chi connectivity index (χ0v) is 10.3. The van der Waals surface area contributed by atoms with Crippen molar-refractivity contribution in [1.29, 1.82) is 0 Å². The SMILES string of the molecule is NC(=O)CONC(=O)c1ccc(Cl)cc1Br. The first-order chi connectivity index (χ1) is 7.50. The molecule has 0 unspecified atom stereocenters. The van der Waals surface area contributed by atoms with E-state index in [0.29, 0.717) is 15.1 Å². The second-order valence-corrected chi connectivity index (χ2v) is 4.10. The molecule has 1 aromatic rings. The lowest BCUT2D eigenvalue weighted by Gasteiger charge is -2.06. The maximum Gasteiger partial charge on any atom is 0.275 e. The molecule has 0 atom stereocenters. The summed E-state index contributed by atoms with van der Waals surface area (Å²) in [5.74, 6) is -1.17. The molecule has 5 nitrogen and oxygen atoms in total. The standard InChI is InChI=1S/C9H8BrClN2O3/c10-7-3-5(11)1-2-6(7)9(15)13-16-4-8(12)14/h1-3H,4H2,(H2,12,14)(H,13,15). The summed E-state index contributed by atoms with van der Waals surface area (Å²) >= 11 is 8.89. The van der Waals surface area contributed by atoms with Crippen molar-refractivity contribution >= 4 is 39.3 Å². The van der Waals surface area contributed by atoms with E-state index in [4.69, 9.17) is 17.3 Å². The van der Waals surface area contributed by atoms with Crippen LogP contribution in [0, 0.1) is 0 Å². The normalized spacial score (nSPS) is 9.88. The van der Waals surface area contributed by atoms with Crippen molar-refractivity contribution in [3.63, 3.8) is 0 Å². The largest absolute Gasteiger partial charge is 0.368 e. The van der Waals surface area contributed by atoms with E-state index in [1.54, 1.807) is 12.1 Å². The molecule has 0 fully saturated rings. The van der Waals surface area contributed by atoms with Gasteiger partial charge in [-0.15, -0.1) is 0 Å². The van der Waals surface area contributed by atoms with Crippen molar-refractivity contribution in [2.75, 3.05) is 6.61 Å². The van der Waals surface area contributed by atoms with Gasteiger partial charge in [0.15, 0.2) is 6.61 Å². The number of nitrogens with one attached hydrogen (secondary N) is 1. The van der Waals surface area contributed by atoms with Gasteiger partial charge in [-0.3, -0.25) is 14.4 Å². The van der Waals surface area contributed by atoms with Crippen molar-refractivity contribution in [2.45, 2.75) is 0 Å². The molecule has 86 valence electrons. The number of primary amides is 1. The summed E-state index contributed by atoms with van der Waals surface area (Å²) in [6.07, 6.45) is 0. The second kappa shape index (κ2) is 5.83. The molecule has 2 amide bonds. The fourth-order valence-corrected chi connectivity index (χ4v) is 1.76. The van der Waals surface area contributed by atoms with Crippen molar-refractivity contribution in [3.8, 4) is 0 Å². The van der Waals surface area contributed by atoms with Gasteiger partial charge in [0, 0.05) is 9.50 Å². The van der Waals surface area contributed by atoms with E-state index in [2.05, 4.69) is 26.2 Å². The zero-order valence-electron chi connectivity index (χ0n) is 8.00. The molecule has 0 aliphatic carbocycles. The Morgan fingerprint density at radius 1 is 1.50 bits per heavy atom. The Morgan fingerprint density at radius 2 is 2.19 bits per heavy atom. The summed E-state index contributed by atoms with van der Waals surface area (Å²) in [5.41, 5.74) is 7.24. The van der Waals surface area contributed by atoms with E-state index in [1.165, 1.54) is 6.07 Å². The molecule has 0 aliphatic heterocycles. The van der Waals surface area contributed by atoms with E-state index in [1.807, 2.05) is 0 Å². The third-order valence-corrected chi connectivity index (χ3v) is 2.45. The van der Waals surface area contributed by atoms with Gasteiger partial charge >= 0.3 is 0 Å². The van der Waals surface area contributed by atoms with E-state index in [9.17, 15) is 9.59 Å². The van der Waals surface area contributed by atoms with Crippen LogP contribution in [0.4, 0.5) is 0 Å². The average molecular weight is 308 g/mol. The second-order valence-electron chi connectivity index (χ2n) is 2.81. The lowest BCUT2D eigenvalue weighted by atomic mass is 10.2. The first-order valence-electron chi connectivity index (χ1n) is 4.16. The fraction of sp³-hybridized carbons (Fsp3) is 0.111. The van der Waals surface area contributed by atoms with Crippen LogP contribution in [-0.4, -0.2) is 18.4 Å². The Labute approximate surface area is 105 Å². The maximum absolute atomic E-state index is 11.5. The lowest BCUT2D eigenvalue weighted by molar-refractivity contribution is -0.124. The van der Waals surface area contributed by atoms with E-state index < -0.39 is 11.8 Å². The highest BCUT2D eigenvalue weighted by molar-refractivity contribution is 9.10. The van der Waals surface area contributed by atoms with Crippen molar-refractivity contribution < 1.29 is 14.4 Å². The van der Waals surface area contributed by atoms with Crippen LogP contribution in [0.25, 0.3) is 0 Å². The van der Waals surface area contributed by atoms with E-state index in [-0.39, 0.29) is 6.61 Å². The Bertz CT molecular complexity index is 425. The summed E-state index contributed by atoms with van der Waals surface area (Å²) in [6.45, 7) is -0.378. The van der Waals surface area contributed by atoms with Gasteiger partial charge in [0.1, 0.15) is 0 Å². The summed E-state index contributed by atoms with van der Waals surface area (Å²) in [5, 5.41) is 0.501. The quantitative estimate of drug-likeness (QED) is 0.821. The van der Waals surface area contributed by atoms with Crippen LogP contribution in [-0.2, 0) is 9.63 Å². The van der Waals surface area contributed by atoms with Crippen LogP contribution in [0.2, 0.25) is 5.02 Å². The summed E-state index contributed by atoms with van der Waals surface area (Å²) in [7, 11) is 0. The molecule has 3 N–H and O–H groups in total. The lowest BCUT2D eigenvalue weighted by Crippen LogP contribution is -2.29. The molecule has 16 heavy (non-hydrogen) atoms. The van der Waals surface area contributed by atoms with Gasteiger partial charge < -0.3 is 5.73 Å². The Hall–Kier alpha value is -1.11. The minimum absolute atomic E-state index is 0.342. The number of carbonyl (C=O) groups is 2. The van der Waals surface area contributed by atoms with Gasteiger partial charge in [-0.25, -0.2) is 5.48 Å². The van der Waals surface area contributed by atoms with Crippen molar-refractivity contribution in [3.05, 3.63) is 33.3 Å². The first kappa shape index (κ1) is 13.0. The van der Waals surface area contributed by atoms with Crippen LogP contribution in [0.3, 0.4) is 0 Å². The Kier molecular flexibility index (Phi) is 4.72. The number of hydrogen-bond donors (Lipinski definition) is 2. The molecule has 1 aromatic carbocycles. The molecule has 0 bridgehead atoms. The number of hydrogen-bond acceptors (Lipinski definition) is 3. The highest BCUT2D eigenvalue weighted by Gasteiger charge is 2.10. The molecule has 0 heterocycles. The third-order valence-electron chi connectivity index (χ3n) is 1.56. The predicted octanol–water partition coefficient (Wildman–Crippen LogP) is 1.25. The van der Waals surface area contributed by atoms with Gasteiger partial charge in [0.2, 0.25) is 5.91 Å². The Morgan fingerprint density at radius 3 is 2.75 bits per heavy atom. The van der Waals surface area contributed by atoms with Gasteiger partial charge in [-0.1, -0.05) is 11.6 Å². The summed E-state index contributed by atoms with van der Waals surface area (Å²) in [4.78, 5) is 26.4. The molecule has 1 rings (SSSR count). The molecule has 0 aliphatic rings. The highest BCUT2D eigenvalue weighted by atomic mass is 79.9. The fourth-order valence-electron chi connectivity index (χ4n) is 0.901. The van der Waals surface area contributed by atoms with Crippen molar-refractivity contribution in [2.24, 2.45) is 5.73 Å². The number of amides is 2. The van der Waals surface area contributed by atoms with E-state index >= 15 is 0 Å². The Balaban J connectivity index is 2.63. The van der Waals surface area contributed by atoms with Crippen LogP contribution in [0.5, 0.6) is 0 Å². The zero-order chi connectivity index (χ0) is 12.1. The van der Waals surface area contributed by atoms with Gasteiger partial charge in [-0.05, 0) is 34.1 Å². The number of benzene rings is 1. The molecule has 7 heteroatoms. The minimum atomic E-state index is -0.671. The topological polar surface area (TPSA) is 81.4 Å². The average Bonchev–Trinajstić information content (AvgIpc) is 2.16. The van der Waals surface area contributed by atoms with Crippen LogP contribution in [0.1, 0.15) is 10.4 Å². The molecule has 0 saturated carbocycles. The number of carbonyl (C=O) groups excluding carboxylic acids is 2.